The summed E-state index contributed by atoms with van der Waals surface area (Å²) in [6.07, 6.45) is 1.59. The molecule has 1 aromatic carbocycles. The number of furan rings is 1. The summed E-state index contributed by atoms with van der Waals surface area (Å²) in [7, 11) is -3.64. The van der Waals surface area contributed by atoms with Gasteiger partial charge in [-0.25, -0.2) is 13.1 Å². The van der Waals surface area contributed by atoms with Gasteiger partial charge in [0, 0.05) is 24.7 Å². The molecular formula is C16H19ClN2O4S. The van der Waals surface area contributed by atoms with Crippen LogP contribution in [-0.4, -0.2) is 46.2 Å². The van der Waals surface area contributed by atoms with Crippen LogP contribution in [0.4, 0.5) is 0 Å². The summed E-state index contributed by atoms with van der Waals surface area (Å²) in [5.41, 5.74) is 0. The molecule has 1 aliphatic heterocycles. The lowest BCUT2D eigenvalue weighted by Crippen LogP contribution is -2.43. The van der Waals surface area contributed by atoms with Gasteiger partial charge >= 0.3 is 0 Å². The zero-order valence-electron chi connectivity index (χ0n) is 13.0. The third-order valence-electron chi connectivity index (χ3n) is 3.93. The molecule has 1 aromatic heterocycles. The third kappa shape index (κ3) is 4.17. The van der Waals surface area contributed by atoms with Gasteiger partial charge in [0.1, 0.15) is 5.76 Å². The molecule has 0 aliphatic carbocycles. The maximum atomic E-state index is 12.5. The van der Waals surface area contributed by atoms with Crippen LogP contribution in [-0.2, 0) is 14.8 Å². The Balaban J connectivity index is 1.75. The molecule has 2 aromatic rings. The first-order valence-corrected chi connectivity index (χ1v) is 9.53. The van der Waals surface area contributed by atoms with E-state index in [2.05, 4.69) is 9.62 Å². The number of sulfonamides is 1. The van der Waals surface area contributed by atoms with Crippen molar-refractivity contribution in [3.63, 3.8) is 0 Å². The normalized spacial score (nSPS) is 17.7. The van der Waals surface area contributed by atoms with Crippen LogP contribution < -0.4 is 4.72 Å². The van der Waals surface area contributed by atoms with Gasteiger partial charge in [0.25, 0.3) is 0 Å². The van der Waals surface area contributed by atoms with Crippen molar-refractivity contribution in [2.45, 2.75) is 10.9 Å². The molecule has 8 heteroatoms. The molecule has 1 unspecified atom stereocenters. The van der Waals surface area contributed by atoms with E-state index in [1.54, 1.807) is 24.5 Å². The largest absolute Gasteiger partial charge is 0.468 e. The van der Waals surface area contributed by atoms with Crippen LogP contribution in [0.25, 0.3) is 0 Å². The van der Waals surface area contributed by atoms with Gasteiger partial charge in [0.2, 0.25) is 10.0 Å². The first kappa shape index (κ1) is 17.4. The van der Waals surface area contributed by atoms with E-state index in [9.17, 15) is 8.42 Å². The van der Waals surface area contributed by atoms with Crippen LogP contribution in [0.1, 0.15) is 11.8 Å². The van der Waals surface area contributed by atoms with Gasteiger partial charge in [-0.1, -0.05) is 17.7 Å². The minimum atomic E-state index is -3.64. The Morgan fingerprint density at radius 1 is 1.21 bits per heavy atom. The molecule has 0 bridgehead atoms. The number of nitrogens with zero attached hydrogens (tertiary/aromatic N) is 1. The number of nitrogens with one attached hydrogen (secondary N) is 1. The highest BCUT2D eigenvalue weighted by molar-refractivity contribution is 7.89. The number of halogens is 1. The second-order valence-corrected chi connectivity index (χ2v) is 7.69. The van der Waals surface area contributed by atoms with Crippen molar-refractivity contribution < 1.29 is 17.6 Å². The smallest absolute Gasteiger partial charge is 0.240 e. The van der Waals surface area contributed by atoms with E-state index in [1.807, 2.05) is 6.07 Å². The highest BCUT2D eigenvalue weighted by Gasteiger charge is 2.26. The van der Waals surface area contributed by atoms with Crippen molar-refractivity contribution >= 4 is 21.6 Å². The topological polar surface area (TPSA) is 71.8 Å². The molecule has 0 amide bonds. The number of morpholine rings is 1. The van der Waals surface area contributed by atoms with Gasteiger partial charge < -0.3 is 9.15 Å². The van der Waals surface area contributed by atoms with Crippen LogP contribution in [0.5, 0.6) is 0 Å². The summed E-state index contributed by atoms with van der Waals surface area (Å²) >= 11 is 5.89. The lowest BCUT2D eigenvalue weighted by atomic mass is 10.2. The van der Waals surface area contributed by atoms with Crippen molar-refractivity contribution in [3.8, 4) is 0 Å². The van der Waals surface area contributed by atoms with E-state index in [0.29, 0.717) is 18.2 Å². The summed E-state index contributed by atoms with van der Waals surface area (Å²) < 4.78 is 38.5. The Bertz CT molecular complexity index is 758. The molecular weight excluding hydrogens is 352 g/mol. The van der Waals surface area contributed by atoms with Crippen molar-refractivity contribution in [2.75, 3.05) is 32.8 Å². The second-order valence-electron chi connectivity index (χ2n) is 5.49. The average molecular weight is 371 g/mol. The van der Waals surface area contributed by atoms with Crippen LogP contribution in [0, 0.1) is 0 Å². The maximum Gasteiger partial charge on any atom is 0.240 e. The monoisotopic (exact) mass is 370 g/mol. The minimum Gasteiger partial charge on any atom is -0.468 e. The highest BCUT2D eigenvalue weighted by Crippen LogP contribution is 2.23. The van der Waals surface area contributed by atoms with Gasteiger partial charge in [-0.05, 0) is 30.3 Å². The molecule has 6 nitrogen and oxygen atoms in total. The van der Waals surface area contributed by atoms with E-state index >= 15 is 0 Å². The van der Waals surface area contributed by atoms with Gasteiger partial charge in [-0.2, -0.15) is 0 Å². The molecule has 24 heavy (non-hydrogen) atoms. The highest BCUT2D eigenvalue weighted by atomic mass is 35.5. The van der Waals surface area contributed by atoms with Crippen LogP contribution in [0.2, 0.25) is 5.02 Å². The Morgan fingerprint density at radius 3 is 2.67 bits per heavy atom. The van der Waals surface area contributed by atoms with E-state index in [0.717, 1.165) is 18.8 Å². The summed E-state index contributed by atoms with van der Waals surface area (Å²) in [4.78, 5) is 2.30. The molecule has 2 heterocycles. The molecule has 3 rings (SSSR count). The first-order chi connectivity index (χ1) is 11.6. The van der Waals surface area contributed by atoms with E-state index in [4.69, 9.17) is 20.8 Å². The number of ether oxygens (including phenoxy) is 1. The minimum absolute atomic E-state index is 0.148. The van der Waals surface area contributed by atoms with Crippen molar-refractivity contribution in [1.29, 1.82) is 0 Å². The molecule has 130 valence electrons. The Kier molecular flexibility index (Phi) is 5.57. The lowest BCUT2D eigenvalue weighted by molar-refractivity contribution is 0.0128. The molecule has 0 saturated carbocycles. The predicted molar refractivity (Wildman–Crippen MR) is 90.5 cm³/mol. The molecule has 1 aliphatic rings. The Hall–Kier alpha value is -1.38. The Labute approximate surface area is 146 Å². The van der Waals surface area contributed by atoms with E-state index in [1.165, 1.54) is 12.1 Å². The predicted octanol–water partition coefficient (Wildman–Crippen LogP) is 2.28. The average Bonchev–Trinajstić information content (AvgIpc) is 3.10. The molecule has 1 atom stereocenters. The second kappa shape index (κ2) is 7.67. The fraction of sp³-hybridized carbons (Fsp3) is 0.375. The van der Waals surface area contributed by atoms with Crippen molar-refractivity contribution in [2.24, 2.45) is 0 Å². The van der Waals surface area contributed by atoms with Crippen LogP contribution in [0.3, 0.4) is 0 Å². The summed E-state index contributed by atoms with van der Waals surface area (Å²) in [6, 6.07) is 9.67. The maximum absolute atomic E-state index is 12.5. The number of benzene rings is 1. The standard InChI is InChI=1S/C16H19ClN2O4S/c17-13-3-1-4-14(11-13)24(20,21)18-12-15(16-5-2-8-23-16)19-6-9-22-10-7-19/h1-5,8,11,15,18H,6-7,9-10,12H2. The molecule has 0 radical (unpaired) electrons. The van der Waals surface area contributed by atoms with Crippen LogP contribution in [0.15, 0.2) is 52.0 Å². The SMILES string of the molecule is O=S(=O)(NCC(c1ccco1)N1CCOCC1)c1cccc(Cl)c1. The van der Waals surface area contributed by atoms with Crippen LogP contribution >= 0.6 is 11.6 Å². The number of hydrogen-bond acceptors (Lipinski definition) is 5. The fourth-order valence-electron chi connectivity index (χ4n) is 2.69. The quantitative estimate of drug-likeness (QED) is 0.844. The summed E-state index contributed by atoms with van der Waals surface area (Å²) in [6.45, 7) is 2.91. The Morgan fingerprint density at radius 2 is 2.00 bits per heavy atom. The zero-order chi connectivity index (χ0) is 17.0. The molecule has 1 N–H and O–H groups in total. The van der Waals surface area contributed by atoms with Gasteiger partial charge in [-0.15, -0.1) is 0 Å². The van der Waals surface area contributed by atoms with E-state index < -0.39 is 10.0 Å². The first-order valence-electron chi connectivity index (χ1n) is 7.67. The van der Waals surface area contributed by atoms with Crippen molar-refractivity contribution in [1.82, 2.24) is 9.62 Å². The molecule has 1 fully saturated rings. The van der Waals surface area contributed by atoms with Gasteiger partial charge in [0.15, 0.2) is 0 Å². The summed E-state index contributed by atoms with van der Waals surface area (Å²) in [5, 5.41) is 0.383. The molecule has 1 saturated heterocycles. The summed E-state index contributed by atoms with van der Waals surface area (Å²) in [5.74, 6) is 0.727. The lowest BCUT2D eigenvalue weighted by Gasteiger charge is -2.33. The van der Waals surface area contributed by atoms with Gasteiger partial charge in [0.05, 0.1) is 30.4 Å². The number of rotatable bonds is 6. The van der Waals surface area contributed by atoms with E-state index in [-0.39, 0.29) is 17.5 Å². The number of hydrogen-bond donors (Lipinski definition) is 1. The van der Waals surface area contributed by atoms with Crippen molar-refractivity contribution in [3.05, 3.63) is 53.4 Å². The van der Waals surface area contributed by atoms with Gasteiger partial charge in [-0.3, -0.25) is 4.90 Å². The molecule has 0 spiro atoms. The third-order valence-corrected chi connectivity index (χ3v) is 5.59. The zero-order valence-corrected chi connectivity index (χ0v) is 14.6. The fourth-order valence-corrected chi connectivity index (χ4v) is 4.02.